The number of nitrogens with zero attached hydrogens (tertiary/aromatic N) is 2. The molecule has 6 heteroatoms. The summed E-state index contributed by atoms with van der Waals surface area (Å²) in [4.78, 5) is 17.8. The quantitative estimate of drug-likeness (QED) is 0.926. The molecule has 1 fully saturated rings. The largest absolute Gasteiger partial charge is 0.489 e. The van der Waals surface area contributed by atoms with Crippen molar-refractivity contribution in [3.8, 4) is 5.75 Å². The minimum atomic E-state index is -0.486. The summed E-state index contributed by atoms with van der Waals surface area (Å²) >= 11 is 0. The highest BCUT2D eigenvalue weighted by atomic mass is 16.6. The maximum Gasteiger partial charge on any atom is 0.410 e. The van der Waals surface area contributed by atoms with Gasteiger partial charge in [-0.15, -0.1) is 0 Å². The van der Waals surface area contributed by atoms with Gasteiger partial charge in [0.25, 0.3) is 0 Å². The Kier molecular flexibility index (Phi) is 4.55. The van der Waals surface area contributed by atoms with E-state index in [0.29, 0.717) is 24.6 Å². The number of carbonyl (C=O) groups excluding carboxylic acids is 1. The van der Waals surface area contributed by atoms with Crippen molar-refractivity contribution < 1.29 is 14.3 Å². The monoisotopic (exact) mass is 293 g/mol. The van der Waals surface area contributed by atoms with Gasteiger partial charge in [-0.2, -0.15) is 0 Å². The van der Waals surface area contributed by atoms with Crippen LogP contribution in [0.2, 0.25) is 0 Å². The van der Waals surface area contributed by atoms with Crippen molar-refractivity contribution in [2.45, 2.75) is 45.3 Å². The van der Waals surface area contributed by atoms with Crippen LogP contribution in [0, 0.1) is 0 Å². The van der Waals surface area contributed by atoms with E-state index in [1.54, 1.807) is 23.4 Å². The van der Waals surface area contributed by atoms with E-state index < -0.39 is 5.60 Å². The van der Waals surface area contributed by atoms with Crippen LogP contribution in [0.15, 0.2) is 18.5 Å². The van der Waals surface area contributed by atoms with Crippen LogP contribution in [-0.2, 0) is 4.74 Å². The molecule has 116 valence electrons. The first-order chi connectivity index (χ1) is 9.87. The first kappa shape index (κ1) is 15.4. The van der Waals surface area contributed by atoms with Gasteiger partial charge in [-0.1, -0.05) is 0 Å². The molecule has 1 aliphatic heterocycles. The second-order valence-electron chi connectivity index (χ2n) is 6.19. The van der Waals surface area contributed by atoms with Crippen molar-refractivity contribution in [3.05, 3.63) is 18.5 Å². The summed E-state index contributed by atoms with van der Waals surface area (Å²) in [5.41, 5.74) is 5.80. The molecular formula is C15H23N3O3. The number of amides is 1. The highest BCUT2D eigenvalue weighted by Crippen LogP contribution is 2.24. The van der Waals surface area contributed by atoms with Gasteiger partial charge in [-0.05, 0) is 33.6 Å². The zero-order valence-corrected chi connectivity index (χ0v) is 12.8. The lowest BCUT2D eigenvalue weighted by Gasteiger charge is -2.28. The number of nitrogen functional groups attached to an aromatic ring is 1. The Labute approximate surface area is 125 Å². The SMILES string of the molecule is CC(C)(C)OC(=O)N1CCCC1COc1ccncc1N. The summed E-state index contributed by atoms with van der Waals surface area (Å²) in [6.45, 7) is 6.71. The van der Waals surface area contributed by atoms with E-state index in [1.165, 1.54) is 0 Å². The molecule has 0 aromatic carbocycles. The molecule has 1 amide bonds. The molecule has 1 aliphatic rings. The highest BCUT2D eigenvalue weighted by Gasteiger charge is 2.32. The molecule has 0 spiro atoms. The molecule has 0 radical (unpaired) electrons. The summed E-state index contributed by atoms with van der Waals surface area (Å²) in [6, 6.07) is 1.75. The van der Waals surface area contributed by atoms with Crippen molar-refractivity contribution in [1.82, 2.24) is 9.88 Å². The number of hydrogen-bond donors (Lipinski definition) is 1. The van der Waals surface area contributed by atoms with Crippen LogP contribution in [0.25, 0.3) is 0 Å². The summed E-state index contributed by atoms with van der Waals surface area (Å²) in [6.07, 6.45) is 4.77. The molecule has 1 unspecified atom stereocenters. The van der Waals surface area contributed by atoms with Crippen molar-refractivity contribution in [2.75, 3.05) is 18.9 Å². The maximum atomic E-state index is 12.2. The second-order valence-corrected chi connectivity index (χ2v) is 6.19. The van der Waals surface area contributed by atoms with Gasteiger partial charge in [0, 0.05) is 18.8 Å². The van der Waals surface area contributed by atoms with Gasteiger partial charge >= 0.3 is 6.09 Å². The van der Waals surface area contributed by atoms with Crippen molar-refractivity contribution in [2.24, 2.45) is 0 Å². The molecule has 2 N–H and O–H groups in total. The van der Waals surface area contributed by atoms with Gasteiger partial charge in [0.1, 0.15) is 18.0 Å². The fourth-order valence-electron chi connectivity index (χ4n) is 2.28. The third-order valence-electron chi connectivity index (χ3n) is 3.25. The van der Waals surface area contributed by atoms with Gasteiger partial charge in [-0.3, -0.25) is 4.98 Å². The van der Waals surface area contributed by atoms with E-state index in [4.69, 9.17) is 15.2 Å². The lowest BCUT2D eigenvalue weighted by molar-refractivity contribution is 0.0188. The predicted octanol–water partition coefficient (Wildman–Crippen LogP) is 2.44. The number of rotatable bonds is 3. The van der Waals surface area contributed by atoms with E-state index in [0.717, 1.165) is 12.8 Å². The molecule has 1 saturated heterocycles. The number of nitrogens with two attached hydrogens (primary N) is 1. The van der Waals surface area contributed by atoms with Gasteiger partial charge < -0.3 is 20.1 Å². The number of pyridine rings is 1. The van der Waals surface area contributed by atoms with Crippen molar-refractivity contribution in [3.63, 3.8) is 0 Å². The Hall–Kier alpha value is -1.98. The van der Waals surface area contributed by atoms with Crippen LogP contribution in [0.4, 0.5) is 10.5 Å². The fraction of sp³-hybridized carbons (Fsp3) is 0.600. The average molecular weight is 293 g/mol. The first-order valence-electron chi connectivity index (χ1n) is 7.19. The molecule has 2 heterocycles. The number of anilines is 1. The minimum Gasteiger partial charge on any atom is -0.489 e. The van der Waals surface area contributed by atoms with E-state index >= 15 is 0 Å². The molecule has 1 atom stereocenters. The fourth-order valence-corrected chi connectivity index (χ4v) is 2.28. The molecule has 1 aromatic rings. The Morgan fingerprint density at radius 3 is 2.95 bits per heavy atom. The molecule has 6 nitrogen and oxygen atoms in total. The average Bonchev–Trinajstić information content (AvgIpc) is 2.84. The van der Waals surface area contributed by atoms with E-state index in [9.17, 15) is 4.79 Å². The number of aromatic nitrogens is 1. The van der Waals surface area contributed by atoms with Crippen LogP contribution in [0.5, 0.6) is 5.75 Å². The van der Waals surface area contributed by atoms with Crippen LogP contribution < -0.4 is 10.5 Å². The second kappa shape index (κ2) is 6.20. The zero-order valence-electron chi connectivity index (χ0n) is 12.8. The number of hydrogen-bond acceptors (Lipinski definition) is 5. The van der Waals surface area contributed by atoms with Crippen LogP contribution in [-0.4, -0.2) is 40.8 Å². The van der Waals surface area contributed by atoms with Crippen molar-refractivity contribution in [1.29, 1.82) is 0 Å². The van der Waals surface area contributed by atoms with Gasteiger partial charge in [0.05, 0.1) is 17.9 Å². The Balaban J connectivity index is 1.93. The van der Waals surface area contributed by atoms with Crippen molar-refractivity contribution >= 4 is 11.8 Å². The smallest absolute Gasteiger partial charge is 0.410 e. The summed E-state index contributed by atoms with van der Waals surface area (Å²) < 4.78 is 11.1. The number of carbonyl (C=O) groups is 1. The number of likely N-dealkylation sites (tertiary alicyclic amines) is 1. The van der Waals surface area contributed by atoms with Crippen LogP contribution in [0.1, 0.15) is 33.6 Å². The molecule has 1 aromatic heterocycles. The third-order valence-corrected chi connectivity index (χ3v) is 3.25. The van der Waals surface area contributed by atoms with Crippen LogP contribution in [0.3, 0.4) is 0 Å². The van der Waals surface area contributed by atoms with E-state index in [2.05, 4.69) is 4.98 Å². The summed E-state index contributed by atoms with van der Waals surface area (Å²) in [5.74, 6) is 0.598. The maximum absolute atomic E-state index is 12.2. The lowest BCUT2D eigenvalue weighted by Crippen LogP contribution is -2.42. The van der Waals surface area contributed by atoms with Gasteiger partial charge in [0.2, 0.25) is 0 Å². The minimum absolute atomic E-state index is 0.0208. The van der Waals surface area contributed by atoms with Crippen LogP contribution >= 0.6 is 0 Å². The van der Waals surface area contributed by atoms with Gasteiger partial charge in [-0.25, -0.2) is 4.79 Å². The highest BCUT2D eigenvalue weighted by molar-refractivity contribution is 5.69. The predicted molar refractivity (Wildman–Crippen MR) is 80.1 cm³/mol. The third kappa shape index (κ3) is 4.24. The summed E-state index contributed by atoms with van der Waals surface area (Å²) in [7, 11) is 0. The molecule has 0 aliphatic carbocycles. The zero-order chi connectivity index (χ0) is 15.5. The summed E-state index contributed by atoms with van der Waals surface area (Å²) in [5, 5.41) is 0. The Morgan fingerprint density at radius 1 is 1.52 bits per heavy atom. The number of ether oxygens (including phenoxy) is 2. The standard InChI is InChI=1S/C15H23N3O3/c1-15(2,3)21-14(19)18-8-4-5-11(18)10-20-13-6-7-17-9-12(13)16/h6-7,9,11H,4-5,8,10,16H2,1-3H3. The molecule has 21 heavy (non-hydrogen) atoms. The van der Waals surface area contributed by atoms with E-state index in [-0.39, 0.29) is 12.1 Å². The molecule has 0 saturated carbocycles. The normalized spacial score (nSPS) is 18.6. The Morgan fingerprint density at radius 2 is 2.29 bits per heavy atom. The first-order valence-corrected chi connectivity index (χ1v) is 7.19. The Bertz CT molecular complexity index is 499. The molecule has 0 bridgehead atoms. The molecule has 2 rings (SSSR count). The lowest BCUT2D eigenvalue weighted by atomic mass is 10.2. The molecular weight excluding hydrogens is 270 g/mol. The van der Waals surface area contributed by atoms with E-state index in [1.807, 2.05) is 20.8 Å². The van der Waals surface area contributed by atoms with Gasteiger partial charge in [0.15, 0.2) is 0 Å². The topological polar surface area (TPSA) is 77.7 Å².